The first-order valence-electron chi connectivity index (χ1n) is 5.24. The molecule has 0 radical (unpaired) electrons. The van der Waals surface area contributed by atoms with Gasteiger partial charge in [0.1, 0.15) is 0 Å². The lowest BCUT2D eigenvalue weighted by molar-refractivity contribution is 0.0936. The number of carbonyl (C=O) groups is 1. The van der Waals surface area contributed by atoms with Crippen molar-refractivity contribution in [2.45, 2.75) is 25.3 Å². The van der Waals surface area contributed by atoms with Gasteiger partial charge in [0.2, 0.25) is 0 Å². The van der Waals surface area contributed by atoms with Crippen LogP contribution in [0.25, 0.3) is 0 Å². The molecule has 1 amide bonds. The molecule has 0 aliphatic heterocycles. The molecule has 1 saturated carbocycles. The number of benzene rings is 1. The lowest BCUT2D eigenvalue weighted by Crippen LogP contribution is -2.34. The van der Waals surface area contributed by atoms with Crippen molar-refractivity contribution in [3.05, 3.63) is 29.8 Å². The first-order valence-corrected chi connectivity index (χ1v) is 5.24. The predicted octanol–water partition coefficient (Wildman–Crippen LogP) is 2.01. The number of hydrogen-bond donors (Lipinski definition) is 2. The molecule has 15 heavy (non-hydrogen) atoms. The molecule has 1 aromatic rings. The minimum absolute atomic E-state index is 0.0138. The minimum atomic E-state index is 0.0138. The van der Waals surface area contributed by atoms with E-state index in [1.807, 2.05) is 31.3 Å². The molecule has 0 spiro atoms. The van der Waals surface area contributed by atoms with Crippen molar-refractivity contribution in [2.75, 3.05) is 12.4 Å². The fourth-order valence-corrected chi connectivity index (χ4v) is 1.55. The maximum absolute atomic E-state index is 11.9. The van der Waals surface area contributed by atoms with E-state index in [1.54, 1.807) is 0 Å². The third-order valence-corrected chi connectivity index (χ3v) is 2.86. The van der Waals surface area contributed by atoms with Crippen molar-refractivity contribution < 1.29 is 4.79 Å². The molecule has 2 N–H and O–H groups in total. The Bertz CT molecular complexity index is 383. The van der Waals surface area contributed by atoms with E-state index >= 15 is 0 Å². The zero-order valence-corrected chi connectivity index (χ0v) is 9.13. The summed E-state index contributed by atoms with van der Waals surface area (Å²) in [5.74, 6) is 0.0138. The van der Waals surface area contributed by atoms with Crippen LogP contribution in [0.3, 0.4) is 0 Å². The molecule has 1 aliphatic rings. The summed E-state index contributed by atoms with van der Waals surface area (Å²) in [6.07, 6.45) is 2.17. The number of carbonyl (C=O) groups excluding carboxylic acids is 1. The largest absolute Gasteiger partial charge is 0.387 e. The Morgan fingerprint density at radius 3 is 2.60 bits per heavy atom. The first-order chi connectivity index (χ1) is 7.14. The second-order valence-corrected chi connectivity index (χ2v) is 4.31. The van der Waals surface area contributed by atoms with Gasteiger partial charge in [0.25, 0.3) is 5.91 Å². The average molecular weight is 204 g/mol. The summed E-state index contributed by atoms with van der Waals surface area (Å²) in [4.78, 5) is 11.9. The monoisotopic (exact) mass is 204 g/mol. The Morgan fingerprint density at radius 2 is 2.00 bits per heavy atom. The van der Waals surface area contributed by atoms with E-state index in [4.69, 9.17) is 0 Å². The highest BCUT2D eigenvalue weighted by Crippen LogP contribution is 2.34. The van der Waals surface area contributed by atoms with Crippen LogP contribution >= 0.6 is 0 Å². The van der Waals surface area contributed by atoms with Crippen LogP contribution in [0.2, 0.25) is 0 Å². The van der Waals surface area contributed by atoms with Gasteiger partial charge in [0.15, 0.2) is 0 Å². The van der Waals surface area contributed by atoms with Gasteiger partial charge in [-0.3, -0.25) is 4.79 Å². The van der Waals surface area contributed by atoms with Crippen molar-refractivity contribution in [2.24, 2.45) is 0 Å². The van der Waals surface area contributed by atoms with Crippen LogP contribution in [-0.4, -0.2) is 18.5 Å². The molecule has 0 heterocycles. The highest BCUT2D eigenvalue weighted by molar-refractivity contribution is 6.00. The van der Waals surface area contributed by atoms with E-state index in [2.05, 4.69) is 17.6 Å². The van der Waals surface area contributed by atoms with Crippen LogP contribution in [-0.2, 0) is 0 Å². The van der Waals surface area contributed by atoms with Gasteiger partial charge in [0, 0.05) is 18.3 Å². The van der Waals surface area contributed by atoms with Crippen molar-refractivity contribution in [3.63, 3.8) is 0 Å². The van der Waals surface area contributed by atoms with Crippen LogP contribution in [0.1, 0.15) is 30.1 Å². The van der Waals surface area contributed by atoms with Crippen LogP contribution < -0.4 is 10.6 Å². The molecule has 0 saturated heterocycles. The fourth-order valence-electron chi connectivity index (χ4n) is 1.55. The summed E-state index contributed by atoms with van der Waals surface area (Å²) in [5, 5.41) is 6.06. The third kappa shape index (κ3) is 2.12. The molecule has 80 valence electrons. The summed E-state index contributed by atoms with van der Waals surface area (Å²) < 4.78 is 0. The molecular formula is C12H16N2O. The predicted molar refractivity (Wildman–Crippen MR) is 61.1 cm³/mol. The van der Waals surface area contributed by atoms with E-state index in [0.717, 1.165) is 18.5 Å². The number of nitrogens with one attached hydrogen (secondary N) is 2. The number of amides is 1. The molecule has 0 unspecified atom stereocenters. The second kappa shape index (κ2) is 3.57. The number of rotatable bonds is 3. The maximum Gasteiger partial charge on any atom is 0.253 e. The number of anilines is 1. The van der Waals surface area contributed by atoms with Gasteiger partial charge in [-0.15, -0.1) is 0 Å². The number of hydrogen-bond acceptors (Lipinski definition) is 2. The van der Waals surface area contributed by atoms with Crippen LogP contribution in [0, 0.1) is 0 Å². The maximum atomic E-state index is 11.9. The molecule has 0 bridgehead atoms. The summed E-state index contributed by atoms with van der Waals surface area (Å²) in [6, 6.07) is 7.55. The lowest BCUT2D eigenvalue weighted by Gasteiger charge is -2.13. The summed E-state index contributed by atoms with van der Waals surface area (Å²) in [6.45, 7) is 2.08. The Labute approximate surface area is 89.9 Å². The van der Waals surface area contributed by atoms with Crippen LogP contribution in [0.5, 0.6) is 0 Å². The zero-order valence-electron chi connectivity index (χ0n) is 9.13. The van der Waals surface area contributed by atoms with Gasteiger partial charge in [-0.25, -0.2) is 0 Å². The topological polar surface area (TPSA) is 41.1 Å². The van der Waals surface area contributed by atoms with Crippen molar-refractivity contribution in [1.82, 2.24) is 5.32 Å². The molecule has 3 nitrogen and oxygen atoms in total. The molecule has 1 fully saturated rings. The molecular weight excluding hydrogens is 188 g/mol. The summed E-state index contributed by atoms with van der Waals surface area (Å²) in [5.41, 5.74) is 1.63. The standard InChI is InChI=1S/C12H16N2O/c1-12(7-8-12)14-11(15)9-5-3-4-6-10(9)13-2/h3-6,13H,7-8H2,1-2H3,(H,14,15). The highest BCUT2D eigenvalue weighted by atomic mass is 16.1. The Balaban J connectivity index is 2.17. The molecule has 0 aromatic heterocycles. The number of para-hydroxylation sites is 1. The molecule has 1 aromatic carbocycles. The van der Waals surface area contributed by atoms with Crippen molar-refractivity contribution in [3.8, 4) is 0 Å². The zero-order chi connectivity index (χ0) is 10.9. The summed E-state index contributed by atoms with van der Waals surface area (Å²) >= 11 is 0. The van der Waals surface area contributed by atoms with Gasteiger partial charge in [-0.2, -0.15) is 0 Å². The van der Waals surface area contributed by atoms with Gasteiger partial charge < -0.3 is 10.6 Å². The normalized spacial score (nSPS) is 16.9. The van der Waals surface area contributed by atoms with E-state index in [9.17, 15) is 4.79 Å². The third-order valence-electron chi connectivity index (χ3n) is 2.86. The van der Waals surface area contributed by atoms with E-state index in [-0.39, 0.29) is 11.4 Å². The SMILES string of the molecule is CNc1ccccc1C(=O)NC1(C)CC1. The quantitative estimate of drug-likeness (QED) is 0.790. The smallest absolute Gasteiger partial charge is 0.253 e. The molecule has 0 atom stereocenters. The van der Waals surface area contributed by atoms with Crippen molar-refractivity contribution >= 4 is 11.6 Å². The average Bonchev–Trinajstić information content (AvgIpc) is 2.96. The van der Waals surface area contributed by atoms with Gasteiger partial charge in [0.05, 0.1) is 5.56 Å². The lowest BCUT2D eigenvalue weighted by atomic mass is 10.1. The van der Waals surface area contributed by atoms with E-state index in [0.29, 0.717) is 5.56 Å². The molecule has 1 aliphatic carbocycles. The minimum Gasteiger partial charge on any atom is -0.387 e. The molecule has 2 rings (SSSR count). The van der Waals surface area contributed by atoms with Gasteiger partial charge in [-0.1, -0.05) is 12.1 Å². The Kier molecular flexibility index (Phi) is 2.39. The van der Waals surface area contributed by atoms with Crippen molar-refractivity contribution in [1.29, 1.82) is 0 Å². The Morgan fingerprint density at radius 1 is 1.33 bits per heavy atom. The van der Waals surface area contributed by atoms with Crippen LogP contribution in [0.4, 0.5) is 5.69 Å². The fraction of sp³-hybridized carbons (Fsp3) is 0.417. The Hall–Kier alpha value is -1.51. The highest BCUT2D eigenvalue weighted by Gasteiger charge is 2.39. The first kappa shape index (κ1) is 10.0. The van der Waals surface area contributed by atoms with Gasteiger partial charge in [-0.05, 0) is 31.9 Å². The molecule has 3 heteroatoms. The second-order valence-electron chi connectivity index (χ2n) is 4.31. The van der Waals surface area contributed by atoms with Gasteiger partial charge >= 0.3 is 0 Å². The van der Waals surface area contributed by atoms with Crippen LogP contribution in [0.15, 0.2) is 24.3 Å². The summed E-state index contributed by atoms with van der Waals surface area (Å²) in [7, 11) is 1.82. The van der Waals surface area contributed by atoms with E-state index < -0.39 is 0 Å². The van der Waals surface area contributed by atoms with E-state index in [1.165, 1.54) is 0 Å².